The van der Waals surface area contributed by atoms with Gasteiger partial charge >= 0.3 is 0 Å². The molecule has 0 fully saturated rings. The molecule has 0 unspecified atom stereocenters. The third kappa shape index (κ3) is 2.91. The fourth-order valence-electron chi connectivity index (χ4n) is 0.925. The molecule has 1 aromatic carbocycles. The Kier molecular flexibility index (Phi) is 3.52. The van der Waals surface area contributed by atoms with Crippen molar-refractivity contribution in [3.63, 3.8) is 0 Å². The van der Waals surface area contributed by atoms with Crippen LogP contribution in [0.2, 0.25) is 0 Å². The van der Waals surface area contributed by atoms with Crippen molar-refractivity contribution in [1.29, 1.82) is 0 Å². The molecule has 0 heterocycles. The summed E-state index contributed by atoms with van der Waals surface area (Å²) < 4.78 is 0. The van der Waals surface area contributed by atoms with Crippen LogP contribution in [0, 0.1) is 0 Å². The van der Waals surface area contributed by atoms with Crippen molar-refractivity contribution in [3.8, 4) is 0 Å². The van der Waals surface area contributed by atoms with E-state index in [9.17, 15) is 0 Å². The van der Waals surface area contributed by atoms with E-state index in [1.54, 1.807) is 12.1 Å². The lowest BCUT2D eigenvalue weighted by molar-refractivity contribution is 0.599. The summed E-state index contributed by atoms with van der Waals surface area (Å²) in [6, 6.07) is 9.88. The van der Waals surface area contributed by atoms with Gasteiger partial charge < -0.3 is 5.32 Å². The number of thiocarbonyl (C=S) groups is 1. The van der Waals surface area contributed by atoms with Crippen LogP contribution in [0.25, 0.3) is 0 Å². The highest BCUT2D eigenvalue weighted by Gasteiger charge is 1.99. The van der Waals surface area contributed by atoms with Gasteiger partial charge in [-0.2, -0.15) is 0 Å². The summed E-state index contributed by atoms with van der Waals surface area (Å²) in [6.45, 7) is 0. The maximum atomic E-state index is 5.03. The Balaban J connectivity index is 2.55. The van der Waals surface area contributed by atoms with Crippen LogP contribution < -0.4 is 10.7 Å². The molecule has 0 aliphatic heterocycles. The summed E-state index contributed by atoms with van der Waals surface area (Å²) in [6.07, 6.45) is 0. The maximum Gasteiger partial charge on any atom is 0.187 e. The van der Waals surface area contributed by atoms with E-state index in [-0.39, 0.29) is 0 Å². The first kappa shape index (κ1) is 9.80. The first-order valence-electron chi connectivity index (χ1n) is 4.01. The molecule has 0 radical (unpaired) electrons. The second kappa shape index (κ2) is 4.67. The lowest BCUT2D eigenvalue weighted by Gasteiger charge is -2.21. The molecule has 0 aliphatic rings. The van der Waals surface area contributed by atoms with E-state index in [4.69, 9.17) is 12.2 Å². The van der Waals surface area contributed by atoms with Crippen molar-refractivity contribution in [3.05, 3.63) is 30.3 Å². The molecule has 0 bridgehead atoms. The Morgan fingerprint density at radius 1 is 1.31 bits per heavy atom. The van der Waals surface area contributed by atoms with Gasteiger partial charge in [0.1, 0.15) is 0 Å². The van der Waals surface area contributed by atoms with Gasteiger partial charge in [-0.3, -0.25) is 10.4 Å². The number of hydrazine groups is 1. The predicted molar refractivity (Wildman–Crippen MR) is 59.5 cm³/mol. The van der Waals surface area contributed by atoms with Gasteiger partial charge in [0.25, 0.3) is 0 Å². The Morgan fingerprint density at radius 2 is 1.92 bits per heavy atom. The zero-order valence-electron chi connectivity index (χ0n) is 7.74. The van der Waals surface area contributed by atoms with E-state index in [0.717, 1.165) is 5.69 Å². The SMILES string of the molecule is CNC(=S)N(C)Nc1ccccc1. The third-order valence-corrected chi connectivity index (χ3v) is 2.07. The molecule has 0 aliphatic carbocycles. The molecule has 0 saturated carbocycles. The first-order valence-corrected chi connectivity index (χ1v) is 4.42. The van der Waals surface area contributed by atoms with E-state index in [2.05, 4.69) is 10.7 Å². The molecule has 3 nitrogen and oxygen atoms in total. The monoisotopic (exact) mass is 195 g/mol. The van der Waals surface area contributed by atoms with Gasteiger partial charge in [-0.15, -0.1) is 0 Å². The molecule has 0 atom stereocenters. The van der Waals surface area contributed by atoms with Crippen molar-refractivity contribution in [2.75, 3.05) is 19.5 Å². The van der Waals surface area contributed by atoms with Crippen LogP contribution >= 0.6 is 12.2 Å². The Labute approximate surface area is 83.7 Å². The summed E-state index contributed by atoms with van der Waals surface area (Å²) in [5.74, 6) is 0. The summed E-state index contributed by atoms with van der Waals surface area (Å²) in [5, 5.41) is 5.29. The molecule has 2 N–H and O–H groups in total. The molecule has 13 heavy (non-hydrogen) atoms. The average molecular weight is 195 g/mol. The smallest absolute Gasteiger partial charge is 0.187 e. The van der Waals surface area contributed by atoms with Gasteiger partial charge in [0.05, 0.1) is 5.69 Å². The van der Waals surface area contributed by atoms with E-state index in [0.29, 0.717) is 5.11 Å². The highest BCUT2D eigenvalue weighted by atomic mass is 32.1. The number of rotatable bonds is 2. The predicted octanol–water partition coefficient (Wildman–Crippen LogP) is 1.45. The molecule has 70 valence electrons. The molecular weight excluding hydrogens is 182 g/mol. The number of hydrogen-bond acceptors (Lipinski definition) is 2. The van der Waals surface area contributed by atoms with Gasteiger partial charge in [0.2, 0.25) is 0 Å². The Hall–Kier alpha value is -1.29. The molecule has 0 saturated heterocycles. The van der Waals surface area contributed by atoms with Crippen molar-refractivity contribution >= 4 is 23.0 Å². The van der Waals surface area contributed by atoms with Gasteiger partial charge in [-0.25, -0.2) is 0 Å². The Morgan fingerprint density at radius 3 is 2.46 bits per heavy atom. The molecule has 4 heteroatoms. The second-order valence-electron chi connectivity index (χ2n) is 2.59. The molecule has 0 spiro atoms. The number of anilines is 1. The van der Waals surface area contributed by atoms with Crippen LogP contribution in [0.15, 0.2) is 30.3 Å². The minimum atomic E-state index is 0.656. The highest BCUT2D eigenvalue weighted by molar-refractivity contribution is 7.80. The standard InChI is InChI=1S/C9H13N3S/c1-10-9(13)12(2)11-8-6-4-3-5-7-8/h3-7,11H,1-2H3,(H,10,13). The number of nitrogens with zero attached hydrogens (tertiary/aromatic N) is 1. The third-order valence-electron chi connectivity index (χ3n) is 1.59. The van der Waals surface area contributed by atoms with Crippen molar-refractivity contribution < 1.29 is 0 Å². The number of nitrogens with one attached hydrogen (secondary N) is 2. The minimum Gasteiger partial charge on any atom is -0.364 e. The quantitative estimate of drug-likeness (QED) is 0.552. The second-order valence-corrected chi connectivity index (χ2v) is 2.98. The van der Waals surface area contributed by atoms with Crippen LogP contribution in [-0.4, -0.2) is 24.2 Å². The van der Waals surface area contributed by atoms with Crippen LogP contribution in [0.1, 0.15) is 0 Å². The molecule has 0 aromatic heterocycles. The zero-order chi connectivity index (χ0) is 9.68. The summed E-state index contributed by atoms with van der Waals surface area (Å²) in [5.41, 5.74) is 4.14. The minimum absolute atomic E-state index is 0.656. The van der Waals surface area contributed by atoms with Crippen LogP contribution in [0.5, 0.6) is 0 Å². The number of para-hydroxylation sites is 1. The highest BCUT2D eigenvalue weighted by Crippen LogP contribution is 2.05. The van der Waals surface area contributed by atoms with E-state index in [1.165, 1.54) is 0 Å². The largest absolute Gasteiger partial charge is 0.364 e. The fourth-order valence-corrected chi connectivity index (χ4v) is 0.970. The molecule has 1 aromatic rings. The topological polar surface area (TPSA) is 27.3 Å². The van der Waals surface area contributed by atoms with Gasteiger partial charge in [-0.05, 0) is 24.4 Å². The fraction of sp³-hybridized carbons (Fsp3) is 0.222. The lowest BCUT2D eigenvalue weighted by atomic mass is 10.3. The van der Waals surface area contributed by atoms with Crippen molar-refractivity contribution in [1.82, 2.24) is 10.3 Å². The maximum absolute atomic E-state index is 5.03. The molecular formula is C9H13N3S. The van der Waals surface area contributed by atoms with Gasteiger partial charge in [0.15, 0.2) is 5.11 Å². The molecule has 1 rings (SSSR count). The lowest BCUT2D eigenvalue weighted by Crippen LogP contribution is -2.38. The average Bonchev–Trinajstić information content (AvgIpc) is 2.18. The normalized spacial score (nSPS) is 9.08. The van der Waals surface area contributed by atoms with Crippen molar-refractivity contribution in [2.45, 2.75) is 0 Å². The summed E-state index contributed by atoms with van der Waals surface area (Å²) in [4.78, 5) is 0. The summed E-state index contributed by atoms with van der Waals surface area (Å²) >= 11 is 5.03. The zero-order valence-corrected chi connectivity index (χ0v) is 8.56. The van der Waals surface area contributed by atoms with Crippen molar-refractivity contribution in [2.24, 2.45) is 0 Å². The molecule has 0 amide bonds. The van der Waals surface area contributed by atoms with E-state index in [1.807, 2.05) is 37.4 Å². The van der Waals surface area contributed by atoms with E-state index >= 15 is 0 Å². The first-order chi connectivity index (χ1) is 6.24. The van der Waals surface area contributed by atoms with Gasteiger partial charge in [0, 0.05) is 14.1 Å². The van der Waals surface area contributed by atoms with Crippen LogP contribution in [0.3, 0.4) is 0 Å². The number of benzene rings is 1. The van der Waals surface area contributed by atoms with Crippen LogP contribution in [0.4, 0.5) is 5.69 Å². The van der Waals surface area contributed by atoms with Crippen LogP contribution in [-0.2, 0) is 0 Å². The van der Waals surface area contributed by atoms with Gasteiger partial charge in [-0.1, -0.05) is 18.2 Å². The Bertz CT molecular complexity index is 273. The van der Waals surface area contributed by atoms with E-state index < -0.39 is 0 Å². The summed E-state index contributed by atoms with van der Waals surface area (Å²) in [7, 11) is 3.66. The number of hydrogen-bond donors (Lipinski definition) is 2.